The summed E-state index contributed by atoms with van der Waals surface area (Å²) in [6.45, 7) is 4.29. The fourth-order valence-electron chi connectivity index (χ4n) is 3.17. The van der Waals surface area contributed by atoms with Crippen molar-refractivity contribution in [3.8, 4) is 0 Å². The number of amides is 2. The normalized spacial score (nSPS) is 17.0. The minimum absolute atomic E-state index is 0.0465. The quantitative estimate of drug-likeness (QED) is 0.850. The van der Waals surface area contributed by atoms with Gasteiger partial charge in [0.05, 0.1) is 21.7 Å². The molecular weight excluding hydrogens is 359 g/mol. The van der Waals surface area contributed by atoms with E-state index in [1.807, 2.05) is 32.0 Å². The van der Waals surface area contributed by atoms with Gasteiger partial charge < -0.3 is 10.2 Å². The van der Waals surface area contributed by atoms with Gasteiger partial charge in [-0.15, -0.1) is 0 Å². The van der Waals surface area contributed by atoms with Crippen LogP contribution >= 0.6 is 23.2 Å². The molecule has 2 aromatic rings. The topological polar surface area (TPSA) is 49.4 Å². The first kappa shape index (κ1) is 17.8. The summed E-state index contributed by atoms with van der Waals surface area (Å²) in [5.41, 5.74) is 3.39. The zero-order valence-electron chi connectivity index (χ0n) is 14.0. The van der Waals surface area contributed by atoms with Gasteiger partial charge in [0.25, 0.3) is 0 Å². The Hall–Kier alpha value is -2.04. The summed E-state index contributed by atoms with van der Waals surface area (Å²) in [5, 5.41) is 3.45. The monoisotopic (exact) mass is 376 g/mol. The number of nitrogens with zero attached hydrogens (tertiary/aromatic N) is 1. The molecule has 2 amide bonds. The lowest BCUT2D eigenvalue weighted by molar-refractivity contribution is -0.122. The Morgan fingerprint density at radius 1 is 1.12 bits per heavy atom. The molecule has 130 valence electrons. The van der Waals surface area contributed by atoms with Crippen molar-refractivity contribution in [2.75, 3.05) is 16.8 Å². The number of nitrogens with one attached hydrogen (secondary N) is 1. The van der Waals surface area contributed by atoms with Gasteiger partial charge in [0, 0.05) is 18.7 Å². The van der Waals surface area contributed by atoms with Crippen LogP contribution in [0.2, 0.25) is 10.0 Å². The number of rotatable bonds is 3. The van der Waals surface area contributed by atoms with Crippen molar-refractivity contribution >= 4 is 46.4 Å². The zero-order valence-corrected chi connectivity index (χ0v) is 15.5. The molecule has 0 aliphatic carbocycles. The third kappa shape index (κ3) is 3.51. The highest BCUT2D eigenvalue weighted by Gasteiger charge is 2.36. The van der Waals surface area contributed by atoms with E-state index in [1.54, 1.807) is 23.1 Å². The van der Waals surface area contributed by atoms with Gasteiger partial charge in [-0.25, -0.2) is 0 Å². The van der Waals surface area contributed by atoms with Crippen LogP contribution in [0, 0.1) is 19.8 Å². The highest BCUT2D eigenvalue weighted by molar-refractivity contribution is 6.44. The van der Waals surface area contributed by atoms with E-state index >= 15 is 0 Å². The van der Waals surface area contributed by atoms with Crippen LogP contribution in [0.15, 0.2) is 36.4 Å². The summed E-state index contributed by atoms with van der Waals surface area (Å²) >= 11 is 12.1. The Morgan fingerprint density at radius 2 is 1.76 bits per heavy atom. The fourth-order valence-corrected chi connectivity index (χ4v) is 3.51. The van der Waals surface area contributed by atoms with E-state index in [0.717, 1.165) is 16.8 Å². The predicted molar refractivity (Wildman–Crippen MR) is 101 cm³/mol. The van der Waals surface area contributed by atoms with Gasteiger partial charge in [-0.1, -0.05) is 47.5 Å². The Labute approximate surface area is 156 Å². The van der Waals surface area contributed by atoms with Crippen molar-refractivity contribution in [1.82, 2.24) is 0 Å². The Balaban J connectivity index is 1.78. The number of para-hydroxylation sites is 1. The molecule has 1 unspecified atom stereocenters. The lowest BCUT2D eigenvalue weighted by Crippen LogP contribution is -2.29. The van der Waals surface area contributed by atoms with Crippen LogP contribution in [-0.4, -0.2) is 18.4 Å². The van der Waals surface area contributed by atoms with Gasteiger partial charge in [-0.2, -0.15) is 0 Å². The van der Waals surface area contributed by atoms with E-state index in [-0.39, 0.29) is 18.2 Å². The van der Waals surface area contributed by atoms with Crippen LogP contribution in [-0.2, 0) is 9.59 Å². The zero-order chi connectivity index (χ0) is 18.1. The van der Waals surface area contributed by atoms with Crippen LogP contribution in [0.4, 0.5) is 11.4 Å². The van der Waals surface area contributed by atoms with Gasteiger partial charge in [-0.3, -0.25) is 9.59 Å². The lowest BCUT2D eigenvalue weighted by Gasteiger charge is -2.21. The minimum Gasteiger partial charge on any atom is -0.324 e. The molecule has 25 heavy (non-hydrogen) atoms. The standard InChI is InChI=1S/C19H18Cl2N2O2/c1-11-5-3-6-12(2)18(11)23-10-13(9-16(23)24)19(25)22-15-8-4-7-14(20)17(15)21/h3-8,13H,9-10H2,1-2H3,(H,22,25). The summed E-state index contributed by atoms with van der Waals surface area (Å²) in [5.74, 6) is -0.706. The molecule has 6 heteroatoms. The first-order chi connectivity index (χ1) is 11.9. The molecule has 1 saturated heterocycles. The molecule has 0 spiro atoms. The molecule has 0 saturated carbocycles. The highest BCUT2D eigenvalue weighted by Crippen LogP contribution is 2.33. The average molecular weight is 377 g/mol. The number of carbonyl (C=O) groups excluding carboxylic acids is 2. The van der Waals surface area contributed by atoms with Gasteiger partial charge >= 0.3 is 0 Å². The summed E-state index contributed by atoms with van der Waals surface area (Å²) in [6.07, 6.45) is 0.178. The molecule has 4 nitrogen and oxygen atoms in total. The Bertz CT molecular complexity index is 831. The molecular formula is C19H18Cl2N2O2. The predicted octanol–water partition coefficient (Wildman–Crippen LogP) is 4.60. The first-order valence-electron chi connectivity index (χ1n) is 8.00. The maximum Gasteiger partial charge on any atom is 0.229 e. The third-order valence-corrected chi connectivity index (χ3v) is 5.23. The molecule has 1 N–H and O–H groups in total. The molecule has 0 aromatic heterocycles. The van der Waals surface area contributed by atoms with Crippen LogP contribution in [0.3, 0.4) is 0 Å². The second-order valence-electron chi connectivity index (χ2n) is 6.24. The lowest BCUT2D eigenvalue weighted by atomic mass is 10.1. The minimum atomic E-state index is -0.429. The molecule has 1 aliphatic heterocycles. The number of anilines is 2. The van der Waals surface area contributed by atoms with E-state index in [1.165, 1.54) is 0 Å². The summed E-state index contributed by atoms with van der Waals surface area (Å²) < 4.78 is 0. The number of benzene rings is 2. The summed E-state index contributed by atoms with van der Waals surface area (Å²) in [4.78, 5) is 26.7. The Morgan fingerprint density at radius 3 is 2.44 bits per heavy atom. The van der Waals surface area contributed by atoms with Crippen molar-refractivity contribution in [2.45, 2.75) is 20.3 Å². The number of hydrogen-bond donors (Lipinski definition) is 1. The molecule has 0 radical (unpaired) electrons. The SMILES string of the molecule is Cc1cccc(C)c1N1CC(C(=O)Nc2cccc(Cl)c2Cl)CC1=O. The number of aryl methyl sites for hydroxylation is 2. The van der Waals surface area contributed by atoms with Crippen molar-refractivity contribution in [3.05, 3.63) is 57.6 Å². The first-order valence-corrected chi connectivity index (χ1v) is 8.75. The van der Waals surface area contributed by atoms with E-state index < -0.39 is 5.92 Å². The number of halogens is 2. The molecule has 1 heterocycles. The van der Waals surface area contributed by atoms with Gasteiger partial charge in [0.1, 0.15) is 0 Å². The fraction of sp³-hybridized carbons (Fsp3) is 0.263. The average Bonchev–Trinajstić information content (AvgIpc) is 2.93. The summed E-state index contributed by atoms with van der Waals surface area (Å²) in [7, 11) is 0. The molecule has 1 atom stereocenters. The van der Waals surface area contributed by atoms with Crippen molar-refractivity contribution in [1.29, 1.82) is 0 Å². The summed E-state index contributed by atoms with van der Waals surface area (Å²) in [6, 6.07) is 10.9. The van der Waals surface area contributed by atoms with Gasteiger partial charge in [0.2, 0.25) is 11.8 Å². The van der Waals surface area contributed by atoms with E-state index in [2.05, 4.69) is 5.32 Å². The van der Waals surface area contributed by atoms with Crippen LogP contribution in [0.25, 0.3) is 0 Å². The van der Waals surface area contributed by atoms with Crippen LogP contribution in [0.5, 0.6) is 0 Å². The van der Waals surface area contributed by atoms with E-state index in [9.17, 15) is 9.59 Å². The second-order valence-corrected chi connectivity index (χ2v) is 7.02. The van der Waals surface area contributed by atoms with Crippen LogP contribution in [0.1, 0.15) is 17.5 Å². The third-order valence-electron chi connectivity index (χ3n) is 4.41. The number of carbonyl (C=O) groups is 2. The molecule has 1 fully saturated rings. The molecule has 3 rings (SSSR count). The van der Waals surface area contributed by atoms with Crippen molar-refractivity contribution in [2.24, 2.45) is 5.92 Å². The maximum absolute atomic E-state index is 12.6. The number of hydrogen-bond acceptors (Lipinski definition) is 2. The largest absolute Gasteiger partial charge is 0.324 e. The van der Waals surface area contributed by atoms with Gasteiger partial charge in [0.15, 0.2) is 0 Å². The molecule has 2 aromatic carbocycles. The van der Waals surface area contributed by atoms with E-state index in [4.69, 9.17) is 23.2 Å². The van der Waals surface area contributed by atoms with E-state index in [0.29, 0.717) is 22.3 Å². The molecule has 0 bridgehead atoms. The Kier molecular flexibility index (Phi) is 5.02. The van der Waals surface area contributed by atoms with Crippen LogP contribution < -0.4 is 10.2 Å². The molecule has 1 aliphatic rings. The second kappa shape index (κ2) is 7.06. The smallest absolute Gasteiger partial charge is 0.229 e. The maximum atomic E-state index is 12.6. The highest BCUT2D eigenvalue weighted by atomic mass is 35.5. The van der Waals surface area contributed by atoms with Crippen molar-refractivity contribution in [3.63, 3.8) is 0 Å². The van der Waals surface area contributed by atoms with Crippen molar-refractivity contribution < 1.29 is 9.59 Å². The van der Waals surface area contributed by atoms with Gasteiger partial charge in [-0.05, 0) is 37.1 Å².